The maximum Gasteiger partial charge on any atom is 0.508 e. The Balaban J connectivity index is 0.000000178. The maximum atomic E-state index is 10.7. The molecule has 4 fully saturated rings. The molecule has 11 heteroatoms. The molecule has 220 valence electrons. The number of carbonyl (C=O) groups excluding carboxylic acids is 4. The van der Waals surface area contributed by atoms with Gasteiger partial charge in [-0.2, -0.15) is 0 Å². The van der Waals surface area contributed by atoms with Crippen molar-refractivity contribution in [3.8, 4) is 0 Å². The van der Waals surface area contributed by atoms with Gasteiger partial charge in [-0.05, 0) is 57.6 Å². The van der Waals surface area contributed by atoms with E-state index in [4.69, 9.17) is 9.15 Å². The lowest BCUT2D eigenvalue weighted by molar-refractivity contribution is -0.142. The Bertz CT molecular complexity index is 1080. The van der Waals surface area contributed by atoms with Gasteiger partial charge in [0.1, 0.15) is 18.3 Å². The van der Waals surface area contributed by atoms with Gasteiger partial charge in [0.25, 0.3) is 0 Å². The maximum absolute atomic E-state index is 10.7. The van der Waals surface area contributed by atoms with Gasteiger partial charge in [-0.15, -0.1) is 0 Å². The van der Waals surface area contributed by atoms with E-state index >= 15 is 0 Å². The summed E-state index contributed by atoms with van der Waals surface area (Å²) in [4.78, 5) is 51.8. The third kappa shape index (κ3) is 14.9. The van der Waals surface area contributed by atoms with Crippen LogP contribution in [0, 0.1) is 0 Å². The summed E-state index contributed by atoms with van der Waals surface area (Å²) in [6.07, 6.45) is 8.95. The molecule has 4 aliphatic rings. The van der Waals surface area contributed by atoms with Crippen molar-refractivity contribution in [2.24, 2.45) is 0 Å². The van der Waals surface area contributed by atoms with E-state index in [1.165, 1.54) is 12.5 Å². The zero-order chi connectivity index (χ0) is 29.0. The van der Waals surface area contributed by atoms with E-state index in [1.54, 1.807) is 19.1 Å². The summed E-state index contributed by atoms with van der Waals surface area (Å²) in [5, 5.41) is 3.76. The van der Waals surface area contributed by atoms with Crippen LogP contribution in [0.25, 0.3) is 11.0 Å². The Kier molecular flexibility index (Phi) is 15.5. The van der Waals surface area contributed by atoms with Crippen LogP contribution >= 0.6 is 0 Å². The van der Waals surface area contributed by atoms with Crippen LogP contribution in [0.5, 0.6) is 0 Å². The Labute approximate surface area is 233 Å². The largest absolute Gasteiger partial charge is 0.508 e. The number of para-hydroxylation sites is 1. The number of hydrogen-bond donors (Lipinski definition) is 1. The smallest absolute Gasteiger partial charge is 0.466 e. The minimum Gasteiger partial charge on any atom is -0.466 e. The van der Waals surface area contributed by atoms with E-state index in [-0.39, 0.29) is 29.6 Å². The van der Waals surface area contributed by atoms with Crippen LogP contribution in [0.1, 0.15) is 71.1 Å². The predicted molar refractivity (Wildman–Crippen MR) is 145 cm³/mol. The van der Waals surface area contributed by atoms with Crippen molar-refractivity contribution in [3.05, 3.63) is 46.8 Å². The van der Waals surface area contributed by atoms with Crippen molar-refractivity contribution in [3.63, 3.8) is 0 Å². The lowest BCUT2D eigenvalue weighted by atomic mass is 10.2. The molecule has 5 heterocycles. The van der Waals surface area contributed by atoms with Gasteiger partial charge in [0, 0.05) is 37.3 Å². The van der Waals surface area contributed by atoms with Gasteiger partial charge in [-0.25, -0.2) is 9.59 Å². The fraction of sp³-hybridized carbons (Fsp3) is 0.552. The third-order valence-electron chi connectivity index (χ3n) is 5.74. The van der Waals surface area contributed by atoms with Crippen LogP contribution in [0.3, 0.4) is 0 Å². The van der Waals surface area contributed by atoms with Gasteiger partial charge < -0.3 is 28.7 Å². The van der Waals surface area contributed by atoms with Crippen LogP contribution in [0.15, 0.2) is 45.6 Å². The first kappa shape index (κ1) is 32.3. The first-order valence-electron chi connectivity index (χ1n) is 13.7. The van der Waals surface area contributed by atoms with Gasteiger partial charge in [-0.3, -0.25) is 14.4 Å². The van der Waals surface area contributed by atoms with Crippen molar-refractivity contribution in [1.29, 1.82) is 0 Å². The number of benzene rings is 1. The summed E-state index contributed by atoms with van der Waals surface area (Å²) in [6, 6.07) is 10.6. The molecule has 1 aromatic carbocycles. The second-order valence-electron chi connectivity index (χ2n) is 9.30. The summed E-state index contributed by atoms with van der Waals surface area (Å²) in [7, 11) is 0. The fourth-order valence-electron chi connectivity index (χ4n) is 3.61. The highest BCUT2D eigenvalue weighted by molar-refractivity contribution is 5.76. The van der Waals surface area contributed by atoms with Crippen molar-refractivity contribution in [1.82, 2.24) is 5.32 Å². The van der Waals surface area contributed by atoms with E-state index < -0.39 is 6.16 Å². The topological polar surface area (TPSA) is 147 Å². The molecular formula is C29H39NO10. The second-order valence-corrected chi connectivity index (χ2v) is 9.30. The van der Waals surface area contributed by atoms with Gasteiger partial charge in [0.2, 0.25) is 5.91 Å². The fourth-order valence-corrected chi connectivity index (χ4v) is 3.61. The van der Waals surface area contributed by atoms with E-state index in [2.05, 4.69) is 19.5 Å². The van der Waals surface area contributed by atoms with E-state index in [9.17, 15) is 24.0 Å². The quantitative estimate of drug-likeness (QED) is 0.278. The molecule has 0 spiro atoms. The van der Waals surface area contributed by atoms with Gasteiger partial charge in [-0.1, -0.05) is 24.6 Å². The standard InChI is InChI=1S/C9H6O2.C6H11NO.C6H10O2.C4H6O3.C4H6O2/c10-9-6-5-7-3-1-2-4-8(7)11-9;8-6-4-2-1-3-5-7-6;7-6-4-2-1-3-5-8-6;1-3-2-6-4(5)7-3;5-4-2-1-3-6-4/h1-6H;1-5H2,(H,7,8);1-5H2;3H,2H2,1H3;1-3H2. The zero-order valence-corrected chi connectivity index (χ0v) is 23.0. The Morgan fingerprint density at radius 2 is 1.38 bits per heavy atom. The number of nitrogens with one attached hydrogen (secondary N) is 1. The van der Waals surface area contributed by atoms with Crippen LogP contribution < -0.4 is 10.9 Å². The molecule has 0 radical (unpaired) electrons. The second kappa shape index (κ2) is 19.2. The molecule has 40 heavy (non-hydrogen) atoms. The molecule has 1 unspecified atom stereocenters. The normalized spacial score (nSPS) is 19.8. The number of ether oxygens (including phenoxy) is 4. The average Bonchev–Trinajstić information content (AvgIpc) is 3.40. The number of fused-ring (bicyclic) bond motifs is 1. The number of amides is 1. The molecule has 6 rings (SSSR count). The highest BCUT2D eigenvalue weighted by Gasteiger charge is 2.19. The van der Waals surface area contributed by atoms with Gasteiger partial charge in [0.15, 0.2) is 0 Å². The number of esters is 2. The van der Waals surface area contributed by atoms with E-state index in [1.807, 2.05) is 18.2 Å². The molecular weight excluding hydrogens is 522 g/mol. The Morgan fingerprint density at radius 1 is 0.700 bits per heavy atom. The van der Waals surface area contributed by atoms with Crippen LogP contribution in [0.2, 0.25) is 0 Å². The minimum atomic E-state index is -0.549. The highest BCUT2D eigenvalue weighted by Crippen LogP contribution is 2.09. The van der Waals surface area contributed by atoms with Crippen LogP contribution in [0.4, 0.5) is 4.79 Å². The number of carbonyl (C=O) groups is 4. The third-order valence-corrected chi connectivity index (χ3v) is 5.74. The number of rotatable bonds is 0. The van der Waals surface area contributed by atoms with Crippen LogP contribution in [-0.2, 0) is 33.3 Å². The van der Waals surface area contributed by atoms with Crippen molar-refractivity contribution in [2.45, 2.75) is 77.2 Å². The van der Waals surface area contributed by atoms with Crippen LogP contribution in [-0.4, -0.2) is 56.5 Å². The lowest BCUT2D eigenvalue weighted by Crippen LogP contribution is -2.21. The molecule has 1 amide bonds. The monoisotopic (exact) mass is 561 g/mol. The van der Waals surface area contributed by atoms with Crippen molar-refractivity contribution in [2.75, 3.05) is 26.4 Å². The average molecular weight is 562 g/mol. The molecule has 1 atom stereocenters. The summed E-state index contributed by atoms with van der Waals surface area (Å²) >= 11 is 0. The van der Waals surface area contributed by atoms with E-state index in [0.717, 1.165) is 56.9 Å². The first-order valence-corrected chi connectivity index (χ1v) is 13.7. The van der Waals surface area contributed by atoms with Gasteiger partial charge in [0.05, 0.1) is 13.2 Å². The minimum absolute atomic E-state index is 0.0255. The summed E-state index contributed by atoms with van der Waals surface area (Å²) < 4.78 is 23.1. The Morgan fingerprint density at radius 3 is 2.02 bits per heavy atom. The van der Waals surface area contributed by atoms with E-state index in [0.29, 0.717) is 38.2 Å². The Hall–Kier alpha value is -3.89. The summed E-state index contributed by atoms with van der Waals surface area (Å²) in [6.45, 7) is 4.35. The number of hydrogen-bond acceptors (Lipinski definition) is 10. The molecule has 1 N–H and O–H groups in total. The molecule has 4 aliphatic heterocycles. The lowest BCUT2D eigenvalue weighted by Gasteiger charge is -1.93. The SMILES string of the molecule is CC1COC(=O)O1.O=C1CCCCCN1.O=C1CCCCCO1.O=C1CCCO1.O=c1ccc2ccccc2o1. The summed E-state index contributed by atoms with van der Waals surface area (Å²) in [5.41, 5.74) is 0.337. The first-order chi connectivity index (χ1) is 19.3. The zero-order valence-electron chi connectivity index (χ0n) is 23.0. The predicted octanol–water partition coefficient (Wildman–Crippen LogP) is 4.44. The van der Waals surface area contributed by atoms with Gasteiger partial charge >= 0.3 is 23.7 Å². The molecule has 2 aromatic rings. The van der Waals surface area contributed by atoms with Crippen molar-refractivity contribution < 1.29 is 42.5 Å². The number of cyclic esters (lactones) is 4. The molecule has 4 saturated heterocycles. The molecule has 11 nitrogen and oxygen atoms in total. The molecule has 1 aromatic heterocycles. The molecule has 0 saturated carbocycles. The molecule has 0 bridgehead atoms. The summed E-state index contributed by atoms with van der Waals surface area (Å²) in [5.74, 6) is 0.153. The van der Waals surface area contributed by atoms with Crippen molar-refractivity contribution >= 4 is 35.0 Å². The highest BCUT2D eigenvalue weighted by atomic mass is 16.8. The molecule has 0 aliphatic carbocycles.